The van der Waals surface area contributed by atoms with Crippen LogP contribution in [0.25, 0.3) is 0 Å². The van der Waals surface area contributed by atoms with Crippen LogP contribution in [0.1, 0.15) is 38.2 Å². The Morgan fingerprint density at radius 1 is 1.21 bits per heavy atom. The molecule has 5 nitrogen and oxygen atoms in total. The van der Waals surface area contributed by atoms with E-state index in [1.807, 2.05) is 17.0 Å². The molecule has 2 saturated heterocycles. The second-order valence-electron chi connectivity index (χ2n) is 7.16. The topological polar surface area (TPSA) is 42.0 Å². The number of carbonyl (C=O) groups is 1. The van der Waals surface area contributed by atoms with Crippen LogP contribution in [0.15, 0.2) is 24.3 Å². The van der Waals surface area contributed by atoms with Gasteiger partial charge in [-0.1, -0.05) is 26.0 Å². The maximum Gasteiger partial charge on any atom is 0.262 e. The number of ether oxygens (including phenoxy) is 2. The summed E-state index contributed by atoms with van der Waals surface area (Å²) in [6, 6.07) is 7.99. The highest BCUT2D eigenvalue weighted by atomic mass is 16.5. The maximum atomic E-state index is 12.7. The van der Waals surface area contributed by atoms with E-state index in [0.717, 1.165) is 31.7 Å². The van der Waals surface area contributed by atoms with E-state index in [-0.39, 0.29) is 12.5 Å². The predicted molar refractivity (Wildman–Crippen MR) is 93.2 cm³/mol. The Labute approximate surface area is 144 Å². The lowest BCUT2D eigenvalue weighted by atomic mass is 9.99. The van der Waals surface area contributed by atoms with Crippen molar-refractivity contribution in [3.05, 3.63) is 29.8 Å². The van der Waals surface area contributed by atoms with Crippen molar-refractivity contribution < 1.29 is 14.3 Å². The van der Waals surface area contributed by atoms with Crippen LogP contribution in [-0.4, -0.2) is 61.3 Å². The minimum atomic E-state index is -0.408. The first-order valence-electron chi connectivity index (χ1n) is 8.86. The molecule has 1 aromatic rings. The van der Waals surface area contributed by atoms with E-state index >= 15 is 0 Å². The van der Waals surface area contributed by atoms with E-state index in [0.29, 0.717) is 19.1 Å². The summed E-state index contributed by atoms with van der Waals surface area (Å²) < 4.78 is 11.7. The van der Waals surface area contributed by atoms with Gasteiger partial charge in [0.25, 0.3) is 5.91 Å². The van der Waals surface area contributed by atoms with Gasteiger partial charge in [0, 0.05) is 32.5 Å². The first-order valence-corrected chi connectivity index (χ1v) is 8.86. The zero-order valence-electron chi connectivity index (χ0n) is 15.0. The molecular formula is C19H28N2O3. The summed E-state index contributed by atoms with van der Waals surface area (Å²) in [4.78, 5) is 16.8. The first-order chi connectivity index (χ1) is 11.5. The largest absolute Gasteiger partial charge is 0.484 e. The van der Waals surface area contributed by atoms with Crippen LogP contribution in [0.3, 0.4) is 0 Å². The quantitative estimate of drug-likeness (QED) is 0.849. The predicted octanol–water partition coefficient (Wildman–Crippen LogP) is 2.47. The molecule has 0 bridgehead atoms. The van der Waals surface area contributed by atoms with Crippen LogP contribution in [-0.2, 0) is 9.53 Å². The van der Waals surface area contributed by atoms with Gasteiger partial charge in [-0.15, -0.1) is 0 Å². The SMILES string of the molecule is CC(C)c1ccc(OCC(=O)N2CCOC23CCN(C)CC3)cc1. The number of rotatable bonds is 4. The maximum absolute atomic E-state index is 12.7. The van der Waals surface area contributed by atoms with Crippen LogP contribution in [0, 0.1) is 0 Å². The molecule has 0 saturated carbocycles. The molecule has 1 spiro atoms. The van der Waals surface area contributed by atoms with E-state index in [9.17, 15) is 4.79 Å². The number of piperidine rings is 1. The van der Waals surface area contributed by atoms with Gasteiger partial charge in [0.2, 0.25) is 0 Å². The number of hydrogen-bond donors (Lipinski definition) is 0. The number of carbonyl (C=O) groups excluding carboxylic acids is 1. The van der Waals surface area contributed by atoms with Crippen LogP contribution in [0.4, 0.5) is 0 Å². The summed E-state index contributed by atoms with van der Waals surface area (Å²) in [6.07, 6.45) is 1.75. The molecule has 2 heterocycles. The average molecular weight is 332 g/mol. The van der Waals surface area contributed by atoms with Gasteiger partial charge >= 0.3 is 0 Å². The Hall–Kier alpha value is -1.59. The zero-order chi connectivity index (χ0) is 17.2. The highest BCUT2D eigenvalue weighted by Gasteiger charge is 2.46. The van der Waals surface area contributed by atoms with Gasteiger partial charge in [0.1, 0.15) is 11.5 Å². The van der Waals surface area contributed by atoms with Gasteiger partial charge in [-0.3, -0.25) is 4.79 Å². The molecule has 0 N–H and O–H groups in total. The summed E-state index contributed by atoms with van der Waals surface area (Å²) in [6.45, 7) is 7.60. The van der Waals surface area contributed by atoms with Crippen molar-refractivity contribution in [1.29, 1.82) is 0 Å². The summed E-state index contributed by atoms with van der Waals surface area (Å²) in [7, 11) is 2.11. The lowest BCUT2D eigenvalue weighted by molar-refractivity contribution is -0.159. The molecular weight excluding hydrogens is 304 g/mol. The summed E-state index contributed by atoms with van der Waals surface area (Å²) in [5, 5.41) is 0. The third-order valence-corrected chi connectivity index (χ3v) is 5.16. The summed E-state index contributed by atoms with van der Waals surface area (Å²) >= 11 is 0. The average Bonchev–Trinajstić information content (AvgIpc) is 2.99. The van der Waals surface area contributed by atoms with E-state index in [2.05, 4.69) is 37.9 Å². The lowest BCUT2D eigenvalue weighted by Crippen LogP contribution is -2.55. The smallest absolute Gasteiger partial charge is 0.262 e. The van der Waals surface area contributed by atoms with Crippen LogP contribution in [0.2, 0.25) is 0 Å². The van der Waals surface area contributed by atoms with E-state index in [1.54, 1.807) is 0 Å². The minimum absolute atomic E-state index is 0.0185. The van der Waals surface area contributed by atoms with E-state index in [1.165, 1.54) is 5.56 Å². The third kappa shape index (κ3) is 3.57. The van der Waals surface area contributed by atoms with Crippen molar-refractivity contribution in [2.24, 2.45) is 0 Å². The second kappa shape index (κ2) is 7.11. The first kappa shape index (κ1) is 17.2. The van der Waals surface area contributed by atoms with Crippen molar-refractivity contribution in [3.63, 3.8) is 0 Å². The zero-order valence-corrected chi connectivity index (χ0v) is 15.0. The Morgan fingerprint density at radius 3 is 2.50 bits per heavy atom. The third-order valence-electron chi connectivity index (χ3n) is 5.16. The standard InChI is InChI=1S/C19H28N2O3/c1-15(2)16-4-6-17(7-5-16)23-14-18(22)21-12-13-24-19(21)8-10-20(3)11-9-19/h4-7,15H,8-14H2,1-3H3. The Morgan fingerprint density at radius 2 is 1.88 bits per heavy atom. The van der Waals surface area contributed by atoms with Crippen LogP contribution in [0.5, 0.6) is 5.75 Å². The monoisotopic (exact) mass is 332 g/mol. The molecule has 2 aliphatic rings. The fraction of sp³-hybridized carbons (Fsp3) is 0.632. The fourth-order valence-corrected chi connectivity index (χ4v) is 3.51. The van der Waals surface area contributed by atoms with Crippen molar-refractivity contribution in [2.45, 2.75) is 38.3 Å². The Balaban J connectivity index is 1.58. The van der Waals surface area contributed by atoms with Crippen molar-refractivity contribution in [2.75, 3.05) is 39.9 Å². The van der Waals surface area contributed by atoms with Crippen molar-refractivity contribution in [3.8, 4) is 5.75 Å². The molecule has 0 atom stereocenters. The molecule has 132 valence electrons. The van der Waals surface area contributed by atoms with Crippen molar-refractivity contribution in [1.82, 2.24) is 9.80 Å². The number of benzene rings is 1. The second-order valence-corrected chi connectivity index (χ2v) is 7.16. The van der Waals surface area contributed by atoms with Gasteiger partial charge in [-0.2, -0.15) is 0 Å². The van der Waals surface area contributed by atoms with E-state index in [4.69, 9.17) is 9.47 Å². The number of hydrogen-bond acceptors (Lipinski definition) is 4. The molecule has 5 heteroatoms. The van der Waals surface area contributed by atoms with Gasteiger partial charge in [-0.05, 0) is 30.7 Å². The Kier molecular flexibility index (Phi) is 5.11. The number of nitrogens with zero attached hydrogens (tertiary/aromatic N) is 2. The molecule has 0 aromatic heterocycles. The molecule has 0 radical (unpaired) electrons. The molecule has 3 rings (SSSR count). The van der Waals surface area contributed by atoms with E-state index < -0.39 is 5.72 Å². The van der Waals surface area contributed by atoms with Crippen LogP contribution < -0.4 is 4.74 Å². The molecule has 0 unspecified atom stereocenters. The summed E-state index contributed by atoms with van der Waals surface area (Å²) in [5.41, 5.74) is 0.862. The molecule has 24 heavy (non-hydrogen) atoms. The minimum Gasteiger partial charge on any atom is -0.484 e. The normalized spacial score (nSPS) is 20.8. The van der Waals surface area contributed by atoms with Crippen LogP contribution >= 0.6 is 0 Å². The highest BCUT2D eigenvalue weighted by Crippen LogP contribution is 2.34. The van der Waals surface area contributed by atoms with Gasteiger partial charge in [0.15, 0.2) is 6.61 Å². The summed E-state index contributed by atoms with van der Waals surface area (Å²) in [5.74, 6) is 1.25. The fourth-order valence-electron chi connectivity index (χ4n) is 3.51. The van der Waals surface area contributed by atoms with Gasteiger partial charge in [0.05, 0.1) is 6.61 Å². The highest BCUT2D eigenvalue weighted by molar-refractivity contribution is 5.78. The molecule has 1 aromatic carbocycles. The van der Waals surface area contributed by atoms with Gasteiger partial charge in [-0.25, -0.2) is 0 Å². The van der Waals surface area contributed by atoms with Gasteiger partial charge < -0.3 is 19.3 Å². The molecule has 2 fully saturated rings. The molecule has 0 aliphatic carbocycles. The van der Waals surface area contributed by atoms with Crippen molar-refractivity contribution >= 4 is 5.91 Å². The molecule has 1 amide bonds. The lowest BCUT2D eigenvalue weighted by Gasteiger charge is -2.42. The number of amides is 1. The Bertz CT molecular complexity index is 562. The molecule has 2 aliphatic heterocycles. The number of likely N-dealkylation sites (tertiary alicyclic amines) is 1.